The van der Waals surface area contributed by atoms with E-state index in [0.717, 1.165) is 5.57 Å². The Labute approximate surface area is 424 Å². The standard InChI is InChI=1S/C46H63N3O18S5/c1-45(2)33-24-30(71(61,62)63)12-14-35(33)48(19-6-22-69(55,56)57)38(45)16-10-28-8-5-9-29(43(28)68-21-18-40(51)47-26-32-41(52)42(53)37(27-50)67-44(32)54)11-17-39-46(3,4)34-25-31(72(64,65)66)13-15-36(34)49(39)20-7-23-70(58,59)60/h10-17,24-25,28,32,37,41-44,50,52-54H,5-9,18-23,26-27H2,1-4H3,(H4-,47,51,55,56,57,58,59,60,61,62,63,64,65,66)/p+1/b16-10+,29-11+,39-17+. The van der Waals surface area contributed by atoms with Gasteiger partial charge in [-0.1, -0.05) is 31.6 Å². The molecule has 21 nitrogen and oxygen atoms in total. The molecule has 7 unspecified atom stereocenters. The van der Waals surface area contributed by atoms with Crippen molar-refractivity contribution in [2.75, 3.05) is 48.4 Å². The van der Waals surface area contributed by atoms with Crippen molar-refractivity contribution in [1.29, 1.82) is 0 Å². The highest BCUT2D eigenvalue weighted by atomic mass is 32.2. The van der Waals surface area contributed by atoms with Crippen LogP contribution >= 0.6 is 11.8 Å². The van der Waals surface area contributed by atoms with Gasteiger partial charge in [-0.2, -0.15) is 50.0 Å². The first kappa shape index (κ1) is 57.7. The Morgan fingerprint density at radius 1 is 0.847 bits per heavy atom. The van der Waals surface area contributed by atoms with Crippen LogP contribution in [0.4, 0.5) is 11.4 Å². The molecule has 1 aliphatic carbocycles. The Hall–Kier alpha value is -3.61. The molecular formula is C46H64N3O18S5+. The molecule has 4 aliphatic rings. The lowest BCUT2D eigenvalue weighted by molar-refractivity contribution is -0.437. The van der Waals surface area contributed by atoms with Crippen LogP contribution in [0.25, 0.3) is 0 Å². The summed E-state index contributed by atoms with van der Waals surface area (Å²) in [6, 6.07) is 8.29. The van der Waals surface area contributed by atoms with Crippen LogP contribution in [-0.2, 0) is 60.8 Å². The van der Waals surface area contributed by atoms with E-state index in [-0.39, 0.29) is 65.6 Å². The summed E-state index contributed by atoms with van der Waals surface area (Å²) in [7, 11) is -17.9. The number of fused-ring (bicyclic) bond motifs is 2. The number of rotatable bonds is 20. The first-order valence-corrected chi connectivity index (χ1v) is 30.3. The molecule has 26 heteroatoms. The van der Waals surface area contributed by atoms with E-state index in [1.54, 1.807) is 0 Å². The van der Waals surface area contributed by atoms with Crippen LogP contribution in [0.1, 0.15) is 77.3 Å². The van der Waals surface area contributed by atoms with E-state index in [1.165, 1.54) is 48.2 Å². The van der Waals surface area contributed by atoms with Crippen molar-refractivity contribution in [2.45, 2.75) is 117 Å². The summed E-state index contributed by atoms with van der Waals surface area (Å²) in [5.41, 5.74) is 2.71. The minimum Gasteiger partial charge on any atom is -0.394 e. The molecule has 6 rings (SSSR count). The SMILES string of the molecule is CC1(C)C(/C=C/C2CCC/C(=C\C=C3\N(CCCS(=O)(=O)O)c4ccc(S(=O)(=O)O)cc4C3(C)C)C2SCCC(=O)NCC2C(O)OC(CO)C(O)C2O)=[N+](CCCS(=O)(=O)O)c2ccc(S(=O)(=O)O)cc21. The summed E-state index contributed by atoms with van der Waals surface area (Å²) < 4.78 is 142. The molecule has 3 heterocycles. The molecule has 0 radical (unpaired) electrons. The molecule has 3 aliphatic heterocycles. The Morgan fingerprint density at radius 2 is 1.47 bits per heavy atom. The van der Waals surface area contributed by atoms with E-state index >= 15 is 0 Å². The van der Waals surface area contributed by atoms with Gasteiger partial charge >= 0.3 is 0 Å². The van der Waals surface area contributed by atoms with E-state index < -0.39 is 106 Å². The highest BCUT2D eigenvalue weighted by molar-refractivity contribution is 8.00. The zero-order chi connectivity index (χ0) is 53.4. The van der Waals surface area contributed by atoms with Crippen molar-refractivity contribution in [3.8, 4) is 0 Å². The number of anilines is 1. The van der Waals surface area contributed by atoms with Crippen molar-refractivity contribution in [3.63, 3.8) is 0 Å². The molecule has 1 amide bonds. The summed E-state index contributed by atoms with van der Waals surface area (Å²) in [5.74, 6) is -2.57. The molecule has 9 N–H and O–H groups in total. The number of aliphatic hydroxyl groups excluding tert-OH is 4. The summed E-state index contributed by atoms with van der Waals surface area (Å²) in [4.78, 5) is 14.5. The van der Waals surface area contributed by atoms with Gasteiger partial charge in [-0.3, -0.25) is 23.0 Å². The van der Waals surface area contributed by atoms with Gasteiger partial charge in [0.15, 0.2) is 12.0 Å². The highest BCUT2D eigenvalue weighted by Crippen LogP contribution is 2.49. The molecule has 7 atom stereocenters. The van der Waals surface area contributed by atoms with Gasteiger partial charge in [0.25, 0.3) is 40.5 Å². The maximum Gasteiger partial charge on any atom is 0.294 e. The van der Waals surface area contributed by atoms with Crippen molar-refractivity contribution in [2.24, 2.45) is 11.8 Å². The maximum atomic E-state index is 13.3. The lowest BCUT2D eigenvalue weighted by atomic mass is 9.79. The number of thioether (sulfide) groups is 1. The van der Waals surface area contributed by atoms with Gasteiger partial charge in [0.05, 0.1) is 45.3 Å². The van der Waals surface area contributed by atoms with Crippen LogP contribution in [0.3, 0.4) is 0 Å². The summed E-state index contributed by atoms with van der Waals surface area (Å²) in [5, 5.41) is 43.2. The second-order valence-electron chi connectivity index (χ2n) is 19.5. The largest absolute Gasteiger partial charge is 0.394 e. The summed E-state index contributed by atoms with van der Waals surface area (Å²) in [6.45, 7) is 6.76. The summed E-state index contributed by atoms with van der Waals surface area (Å²) in [6.07, 6.45) is 3.88. The topological polar surface area (TPSA) is 343 Å². The molecule has 1 saturated heterocycles. The number of amides is 1. The fraction of sp³-hybridized carbons (Fsp3) is 0.565. The van der Waals surface area contributed by atoms with E-state index in [1.807, 2.05) is 61.5 Å². The average Bonchev–Trinajstić information content (AvgIpc) is 3.62. The van der Waals surface area contributed by atoms with E-state index in [2.05, 4.69) is 5.32 Å². The highest BCUT2D eigenvalue weighted by Gasteiger charge is 2.46. The Bertz CT molecular complexity index is 2970. The monoisotopic (exact) mass is 1110 g/mol. The first-order chi connectivity index (χ1) is 33.3. The molecule has 0 spiro atoms. The number of carbonyl (C=O) groups is 1. The van der Waals surface area contributed by atoms with Crippen molar-refractivity contribution in [3.05, 3.63) is 83.1 Å². The Balaban J connectivity index is 1.36. The van der Waals surface area contributed by atoms with Crippen LogP contribution in [0, 0.1) is 11.8 Å². The van der Waals surface area contributed by atoms with Crippen LogP contribution in [0.5, 0.6) is 0 Å². The predicted octanol–water partition coefficient (Wildman–Crippen LogP) is 2.73. The molecule has 0 aromatic heterocycles. The van der Waals surface area contributed by atoms with Crippen molar-refractivity contribution >= 4 is 75.2 Å². The first-order valence-electron chi connectivity index (χ1n) is 23.2. The third kappa shape index (κ3) is 13.4. The molecule has 2 fully saturated rings. The van der Waals surface area contributed by atoms with Gasteiger partial charge in [0, 0.05) is 71.4 Å². The van der Waals surface area contributed by atoms with Gasteiger partial charge in [-0.05, 0) is 87.4 Å². The van der Waals surface area contributed by atoms with E-state index in [0.29, 0.717) is 53.2 Å². The van der Waals surface area contributed by atoms with Crippen molar-refractivity contribution < 1.29 is 86.4 Å². The number of benzene rings is 2. The number of allylic oxidation sites excluding steroid dienone is 5. The number of carbonyl (C=O) groups excluding carboxylic acids is 1. The lowest BCUT2D eigenvalue weighted by Gasteiger charge is -2.40. The molecular weight excluding hydrogens is 1040 g/mol. The molecule has 2 aromatic carbocycles. The number of nitrogens with zero attached hydrogens (tertiary/aromatic N) is 2. The Kier molecular flexibility index (Phi) is 17.9. The van der Waals surface area contributed by atoms with Crippen molar-refractivity contribution in [1.82, 2.24) is 5.32 Å². The van der Waals surface area contributed by atoms with Gasteiger partial charge in [-0.25, -0.2) is 0 Å². The molecule has 0 bridgehead atoms. The number of nitrogens with one attached hydrogen (secondary N) is 1. The van der Waals surface area contributed by atoms with E-state index in [4.69, 9.17) is 4.74 Å². The zero-order valence-electron chi connectivity index (χ0n) is 40.1. The molecule has 2 aromatic rings. The average molecular weight is 1110 g/mol. The third-order valence-electron chi connectivity index (χ3n) is 13.8. The fourth-order valence-corrected chi connectivity index (χ4v) is 13.5. The minimum absolute atomic E-state index is 0.00812. The second-order valence-corrected chi connectivity index (χ2v) is 26.7. The van der Waals surface area contributed by atoms with Gasteiger partial charge in [-0.15, -0.1) is 0 Å². The van der Waals surface area contributed by atoms with Gasteiger partial charge < -0.3 is 35.4 Å². The molecule has 1 saturated carbocycles. The number of aliphatic hydroxyl groups is 4. The lowest BCUT2D eigenvalue weighted by Crippen LogP contribution is -2.58. The smallest absolute Gasteiger partial charge is 0.294 e. The fourth-order valence-electron chi connectivity index (χ4n) is 10.0. The van der Waals surface area contributed by atoms with Gasteiger partial charge in [0.1, 0.15) is 18.8 Å². The predicted molar refractivity (Wildman–Crippen MR) is 268 cm³/mol. The number of hydrogen-bond donors (Lipinski definition) is 9. The van der Waals surface area contributed by atoms with E-state index in [9.17, 15) is 77.1 Å². The van der Waals surface area contributed by atoms with Gasteiger partial charge in [0.2, 0.25) is 11.6 Å². The van der Waals surface area contributed by atoms with Crippen LogP contribution in [0.15, 0.2) is 81.8 Å². The normalized spacial score (nSPS) is 26.7. The molecule has 72 heavy (non-hydrogen) atoms. The molecule has 400 valence electrons. The number of ether oxygens (including phenoxy) is 1. The minimum atomic E-state index is -4.60. The van der Waals surface area contributed by atoms with Crippen LogP contribution in [0.2, 0.25) is 0 Å². The quantitative estimate of drug-likeness (QED) is 0.0680. The third-order valence-corrected chi connectivity index (χ3v) is 18.6. The zero-order valence-corrected chi connectivity index (χ0v) is 44.2. The van der Waals surface area contributed by atoms with Crippen LogP contribution in [-0.4, -0.2) is 162 Å². The maximum absolute atomic E-state index is 13.3. The number of hydrogen-bond acceptors (Lipinski definition) is 16. The summed E-state index contributed by atoms with van der Waals surface area (Å²) >= 11 is 1.48. The Morgan fingerprint density at radius 3 is 2.10 bits per heavy atom. The second kappa shape index (κ2) is 22.3. The van der Waals surface area contributed by atoms with Crippen LogP contribution < -0.4 is 10.2 Å².